The molecule has 7 heteroatoms. The van der Waals surface area contributed by atoms with Gasteiger partial charge < -0.3 is 4.90 Å². The van der Waals surface area contributed by atoms with Crippen molar-refractivity contribution in [1.82, 2.24) is 4.90 Å². The van der Waals surface area contributed by atoms with Crippen LogP contribution in [0.4, 0.5) is 4.39 Å². The SMILES string of the molecule is Cc1ccc(S(=O)(=O)OCCC2CCN(C(=O)[C@H]3C[C@@H]3F)CC2)cc1. The van der Waals surface area contributed by atoms with Crippen molar-refractivity contribution < 1.29 is 21.8 Å². The number of likely N-dealkylation sites (tertiary alicyclic amines) is 1. The second kappa shape index (κ2) is 7.41. The zero-order chi connectivity index (χ0) is 18.0. The summed E-state index contributed by atoms with van der Waals surface area (Å²) in [5.41, 5.74) is 0.991. The van der Waals surface area contributed by atoms with E-state index in [0.29, 0.717) is 31.8 Å². The van der Waals surface area contributed by atoms with E-state index in [1.807, 2.05) is 6.92 Å². The Hall–Kier alpha value is -1.47. The molecule has 0 aromatic heterocycles. The van der Waals surface area contributed by atoms with Crippen LogP contribution in [0.15, 0.2) is 29.2 Å². The number of carbonyl (C=O) groups is 1. The average molecular weight is 369 g/mol. The average Bonchev–Trinajstić information content (AvgIpc) is 3.32. The van der Waals surface area contributed by atoms with Gasteiger partial charge in [-0.15, -0.1) is 0 Å². The van der Waals surface area contributed by atoms with E-state index in [1.54, 1.807) is 29.2 Å². The molecule has 0 spiro atoms. The highest BCUT2D eigenvalue weighted by Gasteiger charge is 2.46. The lowest BCUT2D eigenvalue weighted by Gasteiger charge is -2.32. The van der Waals surface area contributed by atoms with Gasteiger partial charge in [0.2, 0.25) is 5.91 Å². The van der Waals surface area contributed by atoms with Crippen molar-refractivity contribution in [3.8, 4) is 0 Å². The Balaban J connectivity index is 1.41. The zero-order valence-electron chi connectivity index (χ0n) is 14.4. The quantitative estimate of drug-likeness (QED) is 0.723. The molecule has 1 aliphatic heterocycles. The molecule has 138 valence electrons. The Morgan fingerprint density at radius 1 is 1.24 bits per heavy atom. The number of aryl methyl sites for hydroxylation is 1. The third-order valence-electron chi connectivity index (χ3n) is 5.03. The lowest BCUT2D eigenvalue weighted by Crippen LogP contribution is -2.40. The smallest absolute Gasteiger partial charge is 0.296 e. The van der Waals surface area contributed by atoms with Crippen LogP contribution < -0.4 is 0 Å². The van der Waals surface area contributed by atoms with Crippen molar-refractivity contribution in [1.29, 1.82) is 0 Å². The van der Waals surface area contributed by atoms with Crippen molar-refractivity contribution >= 4 is 16.0 Å². The molecule has 2 aliphatic rings. The standard InChI is InChI=1S/C18H24FNO4S/c1-13-2-4-15(5-3-13)25(22,23)24-11-8-14-6-9-20(10-7-14)18(21)16-12-17(16)19/h2-5,14,16-17H,6-12H2,1H3/t16-,17-/m0/s1. The predicted molar refractivity (Wildman–Crippen MR) is 91.2 cm³/mol. The first-order valence-corrected chi connectivity index (χ1v) is 10.2. The summed E-state index contributed by atoms with van der Waals surface area (Å²) in [6.07, 6.45) is 1.67. The first-order chi connectivity index (χ1) is 11.9. The number of rotatable bonds is 6. The molecule has 1 aromatic carbocycles. The number of amides is 1. The number of benzene rings is 1. The van der Waals surface area contributed by atoms with Crippen LogP contribution in [0.25, 0.3) is 0 Å². The highest BCUT2D eigenvalue weighted by molar-refractivity contribution is 7.86. The zero-order valence-corrected chi connectivity index (χ0v) is 15.2. The maximum absolute atomic E-state index is 13.0. The van der Waals surface area contributed by atoms with Gasteiger partial charge in [-0.1, -0.05) is 17.7 Å². The Bertz CT molecular complexity index is 711. The summed E-state index contributed by atoms with van der Waals surface area (Å²) in [6.45, 7) is 3.28. The van der Waals surface area contributed by atoms with Crippen LogP contribution in [0.5, 0.6) is 0 Å². The number of hydrogen-bond acceptors (Lipinski definition) is 4. The van der Waals surface area contributed by atoms with Crippen LogP contribution >= 0.6 is 0 Å². The number of piperidine rings is 1. The van der Waals surface area contributed by atoms with Gasteiger partial charge in [0.25, 0.3) is 10.1 Å². The van der Waals surface area contributed by atoms with Gasteiger partial charge in [0.1, 0.15) is 6.17 Å². The van der Waals surface area contributed by atoms with Crippen LogP contribution in [-0.4, -0.2) is 45.1 Å². The minimum Gasteiger partial charge on any atom is -0.342 e. The molecule has 0 N–H and O–H groups in total. The van der Waals surface area contributed by atoms with Gasteiger partial charge in [0.15, 0.2) is 0 Å². The number of halogens is 1. The Kier molecular flexibility index (Phi) is 5.43. The highest BCUT2D eigenvalue weighted by Crippen LogP contribution is 2.36. The molecule has 1 aromatic rings. The molecule has 1 heterocycles. The molecule has 0 bridgehead atoms. The Labute approximate surface area is 148 Å². The summed E-state index contributed by atoms with van der Waals surface area (Å²) in [6, 6.07) is 6.57. The molecule has 1 amide bonds. The molecule has 1 saturated heterocycles. The summed E-state index contributed by atoms with van der Waals surface area (Å²) >= 11 is 0. The summed E-state index contributed by atoms with van der Waals surface area (Å²) in [4.78, 5) is 13.9. The molecule has 25 heavy (non-hydrogen) atoms. The molecule has 1 saturated carbocycles. The van der Waals surface area contributed by atoms with Gasteiger partial charge >= 0.3 is 0 Å². The van der Waals surface area contributed by atoms with Crippen LogP contribution in [0, 0.1) is 18.8 Å². The van der Waals surface area contributed by atoms with Gasteiger partial charge in [0.05, 0.1) is 17.4 Å². The molecular formula is C18H24FNO4S. The third kappa shape index (κ3) is 4.58. The summed E-state index contributed by atoms with van der Waals surface area (Å²) in [5, 5.41) is 0. The fraction of sp³-hybridized carbons (Fsp3) is 0.611. The third-order valence-corrected chi connectivity index (χ3v) is 6.36. The number of hydrogen-bond donors (Lipinski definition) is 0. The van der Waals surface area contributed by atoms with Gasteiger partial charge in [-0.05, 0) is 50.7 Å². The van der Waals surface area contributed by atoms with E-state index in [-0.39, 0.29) is 17.4 Å². The first kappa shape index (κ1) is 18.3. The highest BCUT2D eigenvalue weighted by atomic mass is 32.2. The fourth-order valence-electron chi connectivity index (χ4n) is 3.19. The molecule has 2 atom stereocenters. The monoisotopic (exact) mass is 369 g/mol. The van der Waals surface area contributed by atoms with Crippen molar-refractivity contribution in [2.75, 3.05) is 19.7 Å². The van der Waals surface area contributed by atoms with Crippen molar-refractivity contribution in [2.45, 2.75) is 43.7 Å². The van der Waals surface area contributed by atoms with Gasteiger partial charge in [-0.3, -0.25) is 8.98 Å². The van der Waals surface area contributed by atoms with Crippen LogP contribution in [-0.2, 0) is 19.1 Å². The lowest BCUT2D eigenvalue weighted by molar-refractivity contribution is -0.134. The number of carbonyl (C=O) groups excluding carboxylic acids is 1. The Morgan fingerprint density at radius 3 is 2.40 bits per heavy atom. The van der Waals surface area contributed by atoms with E-state index in [0.717, 1.165) is 18.4 Å². The number of nitrogens with zero attached hydrogens (tertiary/aromatic N) is 1. The maximum atomic E-state index is 13.0. The van der Waals surface area contributed by atoms with Crippen LogP contribution in [0.1, 0.15) is 31.2 Å². The molecule has 5 nitrogen and oxygen atoms in total. The van der Waals surface area contributed by atoms with E-state index < -0.39 is 22.2 Å². The van der Waals surface area contributed by atoms with Gasteiger partial charge in [-0.2, -0.15) is 8.42 Å². The summed E-state index contributed by atoms with van der Waals surface area (Å²) in [5.74, 6) is -0.152. The van der Waals surface area contributed by atoms with E-state index in [4.69, 9.17) is 4.18 Å². The molecular weight excluding hydrogens is 345 g/mol. The molecule has 3 rings (SSSR count). The predicted octanol–water partition coefficient (Wildman–Crippen LogP) is 2.69. The van der Waals surface area contributed by atoms with Crippen LogP contribution in [0.3, 0.4) is 0 Å². The van der Waals surface area contributed by atoms with Gasteiger partial charge in [-0.25, -0.2) is 4.39 Å². The first-order valence-electron chi connectivity index (χ1n) is 8.76. The summed E-state index contributed by atoms with van der Waals surface area (Å²) < 4.78 is 42.4. The number of alkyl halides is 1. The van der Waals surface area contributed by atoms with E-state index in [2.05, 4.69) is 0 Å². The van der Waals surface area contributed by atoms with Crippen molar-refractivity contribution in [3.05, 3.63) is 29.8 Å². The minimum absolute atomic E-state index is 0.0656. The van der Waals surface area contributed by atoms with E-state index >= 15 is 0 Å². The van der Waals surface area contributed by atoms with E-state index in [9.17, 15) is 17.6 Å². The molecule has 0 radical (unpaired) electrons. The van der Waals surface area contributed by atoms with Crippen molar-refractivity contribution in [3.63, 3.8) is 0 Å². The largest absolute Gasteiger partial charge is 0.342 e. The Morgan fingerprint density at radius 2 is 1.84 bits per heavy atom. The second-order valence-electron chi connectivity index (χ2n) is 7.00. The molecule has 0 unspecified atom stereocenters. The van der Waals surface area contributed by atoms with Gasteiger partial charge in [0, 0.05) is 13.1 Å². The summed E-state index contributed by atoms with van der Waals surface area (Å²) in [7, 11) is -3.72. The topological polar surface area (TPSA) is 63.7 Å². The van der Waals surface area contributed by atoms with Crippen molar-refractivity contribution in [2.24, 2.45) is 11.8 Å². The fourth-order valence-corrected chi connectivity index (χ4v) is 4.11. The normalized spacial score (nSPS) is 24.3. The maximum Gasteiger partial charge on any atom is 0.296 e. The molecule has 1 aliphatic carbocycles. The van der Waals surface area contributed by atoms with Crippen LogP contribution in [0.2, 0.25) is 0 Å². The second-order valence-corrected chi connectivity index (χ2v) is 8.62. The van der Waals surface area contributed by atoms with E-state index in [1.165, 1.54) is 0 Å². The molecule has 2 fully saturated rings. The minimum atomic E-state index is -3.72. The lowest BCUT2D eigenvalue weighted by atomic mass is 9.94.